The van der Waals surface area contributed by atoms with E-state index in [9.17, 15) is 26.7 Å². The third-order valence-corrected chi connectivity index (χ3v) is 5.47. The number of hydrogen-bond donors (Lipinski definition) is 0. The molecule has 1 aromatic heterocycles. The van der Waals surface area contributed by atoms with Crippen LogP contribution in [0.3, 0.4) is 0 Å². The molecule has 0 aliphatic carbocycles. The van der Waals surface area contributed by atoms with E-state index in [2.05, 4.69) is 5.10 Å². The van der Waals surface area contributed by atoms with Gasteiger partial charge in [0.25, 0.3) is 12.9 Å². The molecule has 2 heterocycles. The van der Waals surface area contributed by atoms with Crippen LogP contribution in [0.1, 0.15) is 42.8 Å². The second-order valence-corrected chi connectivity index (χ2v) is 7.38. The van der Waals surface area contributed by atoms with E-state index >= 15 is 0 Å². The molecule has 1 amide bonds. The summed E-state index contributed by atoms with van der Waals surface area (Å²) in [5.74, 6) is -0.836. The first-order valence-electron chi connectivity index (χ1n) is 9.29. The standard InChI is InChI=1S/C19H20ClF5N4O/c1-11(29-16(18(24)25)14(20)15(26-29)17(22)23)19(30)28-8-6-27(7-9-28)10-12-4-2-3-5-13(12)21/h2-5,11,17-18H,6-10H2,1H3. The third kappa shape index (κ3) is 4.59. The Kier molecular flexibility index (Phi) is 6.97. The van der Waals surface area contributed by atoms with Crippen LogP contribution in [0, 0.1) is 5.82 Å². The van der Waals surface area contributed by atoms with Gasteiger partial charge in [-0.3, -0.25) is 9.69 Å². The van der Waals surface area contributed by atoms with E-state index in [1.807, 2.05) is 4.90 Å². The van der Waals surface area contributed by atoms with Crippen LogP contribution < -0.4 is 0 Å². The van der Waals surface area contributed by atoms with Crippen molar-refractivity contribution in [1.29, 1.82) is 0 Å². The molecular weight excluding hydrogens is 431 g/mol. The molecule has 1 aromatic carbocycles. The molecule has 1 fully saturated rings. The van der Waals surface area contributed by atoms with Gasteiger partial charge in [0.15, 0.2) is 0 Å². The van der Waals surface area contributed by atoms with Gasteiger partial charge in [0, 0.05) is 38.3 Å². The van der Waals surface area contributed by atoms with Gasteiger partial charge in [0.05, 0.1) is 5.02 Å². The zero-order valence-corrected chi connectivity index (χ0v) is 16.8. The van der Waals surface area contributed by atoms with Gasteiger partial charge in [-0.25, -0.2) is 26.6 Å². The molecule has 3 rings (SSSR count). The maximum atomic E-state index is 13.8. The van der Waals surface area contributed by atoms with Crippen molar-refractivity contribution >= 4 is 17.5 Å². The van der Waals surface area contributed by atoms with Crippen LogP contribution in [-0.2, 0) is 11.3 Å². The zero-order chi connectivity index (χ0) is 22.0. The van der Waals surface area contributed by atoms with Gasteiger partial charge >= 0.3 is 0 Å². The van der Waals surface area contributed by atoms with Gasteiger partial charge in [0.2, 0.25) is 5.91 Å². The number of nitrogens with zero attached hydrogens (tertiary/aromatic N) is 4. The van der Waals surface area contributed by atoms with Gasteiger partial charge in [-0.05, 0) is 13.0 Å². The lowest BCUT2D eigenvalue weighted by Gasteiger charge is -2.36. The summed E-state index contributed by atoms with van der Waals surface area (Å²) in [5.41, 5.74) is -1.33. The molecule has 1 aliphatic heterocycles. The lowest BCUT2D eigenvalue weighted by atomic mass is 10.1. The Bertz CT molecular complexity index is 899. The van der Waals surface area contributed by atoms with Crippen LogP contribution in [-0.4, -0.2) is 51.7 Å². The summed E-state index contributed by atoms with van der Waals surface area (Å²) in [6.45, 7) is 3.19. The second-order valence-electron chi connectivity index (χ2n) is 7.00. The van der Waals surface area contributed by atoms with E-state index in [0.717, 1.165) is 0 Å². The number of benzene rings is 1. The minimum Gasteiger partial charge on any atom is -0.338 e. The lowest BCUT2D eigenvalue weighted by Crippen LogP contribution is -2.50. The van der Waals surface area contributed by atoms with Gasteiger partial charge in [-0.15, -0.1) is 0 Å². The zero-order valence-electron chi connectivity index (χ0n) is 16.0. The van der Waals surface area contributed by atoms with Gasteiger partial charge in [-0.2, -0.15) is 5.10 Å². The number of alkyl halides is 4. The maximum absolute atomic E-state index is 13.8. The van der Waals surface area contributed by atoms with E-state index in [1.54, 1.807) is 18.2 Å². The highest BCUT2D eigenvalue weighted by molar-refractivity contribution is 6.32. The molecule has 1 unspecified atom stereocenters. The van der Waals surface area contributed by atoms with Crippen molar-refractivity contribution in [2.75, 3.05) is 26.2 Å². The predicted octanol–water partition coefficient (Wildman–Crippen LogP) is 4.46. The van der Waals surface area contributed by atoms with Crippen LogP contribution in [0.5, 0.6) is 0 Å². The van der Waals surface area contributed by atoms with Crippen LogP contribution in [0.4, 0.5) is 22.0 Å². The summed E-state index contributed by atoms with van der Waals surface area (Å²) in [6.07, 6.45) is -6.30. The molecule has 1 aliphatic rings. The molecule has 0 bridgehead atoms. The Morgan fingerprint density at radius 2 is 1.73 bits per heavy atom. The number of carbonyl (C=O) groups excluding carboxylic acids is 1. The molecule has 0 radical (unpaired) electrons. The number of halogens is 6. The quantitative estimate of drug-likeness (QED) is 0.610. The molecule has 30 heavy (non-hydrogen) atoms. The van der Waals surface area contributed by atoms with Crippen molar-refractivity contribution in [3.63, 3.8) is 0 Å². The number of piperazine rings is 1. The minimum atomic E-state index is -3.16. The van der Waals surface area contributed by atoms with Crippen LogP contribution in [0.25, 0.3) is 0 Å². The number of amides is 1. The smallest absolute Gasteiger partial charge is 0.283 e. The molecule has 2 aromatic rings. The Balaban J connectivity index is 1.68. The van der Waals surface area contributed by atoms with Crippen molar-refractivity contribution in [1.82, 2.24) is 19.6 Å². The van der Waals surface area contributed by atoms with Crippen molar-refractivity contribution in [3.05, 3.63) is 52.1 Å². The van der Waals surface area contributed by atoms with Crippen molar-refractivity contribution < 1.29 is 26.7 Å². The Labute approximate surface area is 175 Å². The molecular formula is C19H20ClF5N4O. The van der Waals surface area contributed by atoms with E-state index in [4.69, 9.17) is 11.6 Å². The summed E-state index contributed by atoms with van der Waals surface area (Å²) in [4.78, 5) is 16.2. The van der Waals surface area contributed by atoms with E-state index in [1.165, 1.54) is 17.9 Å². The molecule has 0 spiro atoms. The van der Waals surface area contributed by atoms with Crippen molar-refractivity contribution in [3.8, 4) is 0 Å². The molecule has 1 atom stereocenters. The number of aromatic nitrogens is 2. The fraction of sp³-hybridized carbons (Fsp3) is 0.474. The van der Waals surface area contributed by atoms with E-state index < -0.39 is 41.2 Å². The Morgan fingerprint density at radius 1 is 1.10 bits per heavy atom. The first-order chi connectivity index (χ1) is 14.2. The van der Waals surface area contributed by atoms with Crippen molar-refractivity contribution in [2.24, 2.45) is 0 Å². The summed E-state index contributed by atoms with van der Waals surface area (Å²) in [7, 11) is 0. The number of hydrogen-bond acceptors (Lipinski definition) is 3. The van der Waals surface area contributed by atoms with Crippen LogP contribution >= 0.6 is 11.6 Å². The average Bonchev–Trinajstić information content (AvgIpc) is 3.07. The number of rotatable bonds is 6. The lowest BCUT2D eigenvalue weighted by molar-refractivity contribution is -0.136. The molecule has 0 N–H and O–H groups in total. The van der Waals surface area contributed by atoms with E-state index in [0.29, 0.717) is 43.0 Å². The highest BCUT2D eigenvalue weighted by Crippen LogP contribution is 2.36. The largest absolute Gasteiger partial charge is 0.338 e. The minimum absolute atomic E-state index is 0.290. The van der Waals surface area contributed by atoms with Gasteiger partial charge < -0.3 is 4.90 Å². The summed E-state index contributed by atoms with van der Waals surface area (Å²) < 4.78 is 67.2. The Morgan fingerprint density at radius 3 is 2.30 bits per heavy atom. The van der Waals surface area contributed by atoms with Gasteiger partial charge in [-0.1, -0.05) is 29.8 Å². The maximum Gasteiger partial charge on any atom is 0.283 e. The SMILES string of the molecule is CC(C(=O)N1CCN(Cc2ccccc2F)CC1)n1nc(C(F)F)c(Cl)c1C(F)F. The normalized spacial score (nSPS) is 16.5. The highest BCUT2D eigenvalue weighted by Gasteiger charge is 2.34. The summed E-state index contributed by atoms with van der Waals surface area (Å²) in [6, 6.07) is 5.18. The van der Waals surface area contributed by atoms with E-state index in [-0.39, 0.29) is 5.82 Å². The Hall–Kier alpha value is -2.20. The molecule has 164 valence electrons. The first-order valence-corrected chi connectivity index (χ1v) is 9.67. The molecule has 0 saturated carbocycles. The highest BCUT2D eigenvalue weighted by atomic mass is 35.5. The van der Waals surface area contributed by atoms with Crippen LogP contribution in [0.2, 0.25) is 5.02 Å². The third-order valence-electron chi connectivity index (χ3n) is 5.09. The fourth-order valence-electron chi connectivity index (χ4n) is 3.44. The summed E-state index contributed by atoms with van der Waals surface area (Å²) in [5, 5.41) is 2.66. The average molecular weight is 451 g/mol. The number of carbonyl (C=O) groups is 1. The molecule has 1 saturated heterocycles. The molecule has 11 heteroatoms. The predicted molar refractivity (Wildman–Crippen MR) is 100 cm³/mol. The molecule has 5 nitrogen and oxygen atoms in total. The van der Waals surface area contributed by atoms with Crippen LogP contribution in [0.15, 0.2) is 24.3 Å². The second kappa shape index (κ2) is 9.30. The van der Waals surface area contributed by atoms with Crippen molar-refractivity contribution in [2.45, 2.75) is 32.4 Å². The summed E-state index contributed by atoms with van der Waals surface area (Å²) >= 11 is 5.66. The fourth-order valence-corrected chi connectivity index (χ4v) is 3.73. The van der Waals surface area contributed by atoms with Gasteiger partial charge in [0.1, 0.15) is 23.2 Å². The first kappa shape index (κ1) is 22.5. The topological polar surface area (TPSA) is 41.4 Å². The monoisotopic (exact) mass is 450 g/mol.